The topological polar surface area (TPSA) is 103 Å². The molecule has 1 aliphatic heterocycles. The minimum atomic E-state index is -3.06. The smallest absolute Gasteiger partial charge is 0.268 e. The summed E-state index contributed by atoms with van der Waals surface area (Å²) >= 11 is 1.33. The molecule has 3 heterocycles. The average molecular weight is 447 g/mol. The van der Waals surface area contributed by atoms with E-state index in [0.29, 0.717) is 29.1 Å². The Hall–Kier alpha value is -2.56. The lowest BCUT2D eigenvalue weighted by Gasteiger charge is -2.35. The highest BCUT2D eigenvalue weighted by atomic mass is 32.2. The molecule has 10 heteroatoms. The zero-order valence-electron chi connectivity index (χ0n) is 16.4. The van der Waals surface area contributed by atoms with Crippen LogP contribution in [-0.4, -0.2) is 65.7 Å². The van der Waals surface area contributed by atoms with E-state index in [1.807, 2.05) is 35.2 Å². The minimum absolute atomic E-state index is 0.0387. The number of sulfone groups is 1. The Morgan fingerprint density at radius 3 is 2.63 bits per heavy atom. The van der Waals surface area contributed by atoms with Crippen LogP contribution < -0.4 is 5.56 Å². The number of hydrogen-bond acceptors (Lipinski definition) is 7. The molecular formula is C20H22N4O4S2. The van der Waals surface area contributed by atoms with Crippen molar-refractivity contribution in [2.45, 2.75) is 12.6 Å². The van der Waals surface area contributed by atoms with Crippen molar-refractivity contribution in [3.8, 4) is 0 Å². The summed E-state index contributed by atoms with van der Waals surface area (Å²) in [6, 6.07) is 10.5. The third kappa shape index (κ3) is 4.30. The standard InChI is InChI=1S/C20H22N4O4S2/c1-23(13-16-21-15-7-10-29-18(15)19(25)22-16)20(26)17(14-5-3-2-4-6-14)24-8-11-30(27,28)12-9-24/h2-7,10,17H,8-9,11-13H2,1H3,(H,21,22,25). The first-order valence-electron chi connectivity index (χ1n) is 9.55. The maximum absolute atomic E-state index is 13.4. The average Bonchev–Trinajstić information content (AvgIpc) is 3.19. The van der Waals surface area contributed by atoms with E-state index in [0.717, 1.165) is 5.56 Å². The van der Waals surface area contributed by atoms with Gasteiger partial charge in [-0.3, -0.25) is 14.5 Å². The monoisotopic (exact) mass is 446 g/mol. The number of hydrogen-bond donors (Lipinski definition) is 1. The molecular weight excluding hydrogens is 424 g/mol. The van der Waals surface area contributed by atoms with Gasteiger partial charge in [0.1, 0.15) is 16.6 Å². The molecule has 8 nitrogen and oxygen atoms in total. The lowest BCUT2D eigenvalue weighted by Crippen LogP contribution is -2.48. The SMILES string of the molecule is CN(Cc1nc2ccsc2c(=O)[nH]1)C(=O)C(c1ccccc1)N1CCS(=O)(=O)CC1. The van der Waals surface area contributed by atoms with Gasteiger partial charge in [-0.2, -0.15) is 0 Å². The largest absolute Gasteiger partial charge is 0.337 e. The number of H-pyrrole nitrogens is 1. The van der Waals surface area contributed by atoms with E-state index in [4.69, 9.17) is 0 Å². The van der Waals surface area contributed by atoms with E-state index < -0.39 is 15.9 Å². The quantitative estimate of drug-likeness (QED) is 0.636. The van der Waals surface area contributed by atoms with E-state index in [9.17, 15) is 18.0 Å². The van der Waals surface area contributed by atoms with Crippen LogP contribution >= 0.6 is 11.3 Å². The molecule has 1 atom stereocenters. The highest BCUT2D eigenvalue weighted by Crippen LogP contribution is 2.25. The molecule has 158 valence electrons. The Labute approximate surface area is 178 Å². The van der Waals surface area contributed by atoms with Crippen LogP contribution in [0.2, 0.25) is 0 Å². The van der Waals surface area contributed by atoms with Crippen LogP contribution in [0.5, 0.6) is 0 Å². The third-order valence-corrected chi connectivity index (χ3v) is 7.73. The number of fused-ring (bicyclic) bond motifs is 1. The molecule has 3 aromatic rings. The van der Waals surface area contributed by atoms with E-state index in [-0.39, 0.29) is 29.5 Å². The molecule has 0 saturated carbocycles. The summed E-state index contributed by atoms with van der Waals surface area (Å²) in [6.45, 7) is 0.754. The van der Waals surface area contributed by atoms with Gasteiger partial charge in [0.2, 0.25) is 5.91 Å². The first-order valence-corrected chi connectivity index (χ1v) is 12.2. The van der Waals surface area contributed by atoms with Crippen molar-refractivity contribution in [3.63, 3.8) is 0 Å². The molecule has 1 aromatic carbocycles. The Kier molecular flexibility index (Phi) is 5.72. The number of benzene rings is 1. The second-order valence-electron chi connectivity index (χ2n) is 7.34. The Balaban J connectivity index is 1.59. The van der Waals surface area contributed by atoms with E-state index >= 15 is 0 Å². The zero-order valence-corrected chi connectivity index (χ0v) is 18.1. The molecule has 1 unspecified atom stereocenters. The first kappa shape index (κ1) is 20.7. The van der Waals surface area contributed by atoms with Crippen molar-refractivity contribution >= 4 is 37.3 Å². The van der Waals surface area contributed by atoms with Gasteiger partial charge in [-0.15, -0.1) is 11.3 Å². The molecule has 1 aliphatic rings. The number of thiophene rings is 1. The normalized spacial score (nSPS) is 17.6. The van der Waals surface area contributed by atoms with Crippen LogP contribution in [0, 0.1) is 0 Å². The minimum Gasteiger partial charge on any atom is -0.337 e. The van der Waals surface area contributed by atoms with E-state index in [1.54, 1.807) is 18.5 Å². The predicted octanol–water partition coefficient (Wildman–Crippen LogP) is 1.41. The Morgan fingerprint density at radius 2 is 1.93 bits per heavy atom. The predicted molar refractivity (Wildman–Crippen MR) is 116 cm³/mol. The lowest BCUT2D eigenvalue weighted by atomic mass is 10.0. The van der Waals surface area contributed by atoms with Gasteiger partial charge in [-0.25, -0.2) is 13.4 Å². The van der Waals surface area contributed by atoms with Crippen LogP contribution in [0.25, 0.3) is 10.2 Å². The van der Waals surface area contributed by atoms with E-state index in [1.165, 1.54) is 16.2 Å². The fraction of sp³-hybridized carbons (Fsp3) is 0.350. The zero-order chi connectivity index (χ0) is 21.3. The summed E-state index contributed by atoms with van der Waals surface area (Å²) < 4.78 is 24.3. The van der Waals surface area contributed by atoms with Gasteiger partial charge in [0.25, 0.3) is 5.56 Å². The highest BCUT2D eigenvalue weighted by molar-refractivity contribution is 7.91. The lowest BCUT2D eigenvalue weighted by molar-refractivity contribution is -0.136. The number of likely N-dealkylation sites (N-methyl/N-ethyl adjacent to an activating group) is 1. The van der Waals surface area contributed by atoms with Crippen LogP contribution in [0.15, 0.2) is 46.6 Å². The molecule has 1 N–H and O–H groups in total. The van der Waals surface area contributed by atoms with Crippen LogP contribution in [0.3, 0.4) is 0 Å². The van der Waals surface area contributed by atoms with Gasteiger partial charge in [0.15, 0.2) is 9.84 Å². The number of nitrogens with one attached hydrogen (secondary N) is 1. The van der Waals surface area contributed by atoms with Crippen LogP contribution in [-0.2, 0) is 21.2 Å². The summed E-state index contributed by atoms with van der Waals surface area (Å²) in [4.78, 5) is 36.3. The van der Waals surface area contributed by atoms with Crippen molar-refractivity contribution < 1.29 is 13.2 Å². The summed E-state index contributed by atoms with van der Waals surface area (Å²) in [7, 11) is -1.40. The summed E-state index contributed by atoms with van der Waals surface area (Å²) in [5.74, 6) is 0.317. The van der Waals surface area contributed by atoms with Gasteiger partial charge < -0.3 is 9.88 Å². The molecule has 4 rings (SSSR count). The molecule has 0 bridgehead atoms. The molecule has 0 spiro atoms. The third-order valence-electron chi connectivity index (χ3n) is 5.22. The second kappa shape index (κ2) is 8.29. The Morgan fingerprint density at radius 1 is 1.23 bits per heavy atom. The van der Waals surface area contributed by atoms with Gasteiger partial charge >= 0.3 is 0 Å². The number of carbonyl (C=O) groups is 1. The van der Waals surface area contributed by atoms with Crippen LogP contribution in [0.4, 0.5) is 0 Å². The molecule has 2 aromatic heterocycles. The van der Waals surface area contributed by atoms with Gasteiger partial charge in [-0.1, -0.05) is 30.3 Å². The van der Waals surface area contributed by atoms with Crippen molar-refractivity contribution in [2.24, 2.45) is 0 Å². The molecule has 0 radical (unpaired) electrons. The summed E-state index contributed by atoms with van der Waals surface area (Å²) in [5, 5.41) is 1.81. The maximum atomic E-state index is 13.4. The van der Waals surface area contributed by atoms with Gasteiger partial charge in [-0.05, 0) is 17.0 Å². The highest BCUT2D eigenvalue weighted by Gasteiger charge is 2.34. The fourth-order valence-corrected chi connectivity index (χ4v) is 5.59. The molecule has 1 amide bonds. The molecule has 1 fully saturated rings. The Bertz CT molecular complexity index is 1210. The van der Waals surface area contributed by atoms with Crippen molar-refractivity contribution in [1.82, 2.24) is 19.8 Å². The van der Waals surface area contributed by atoms with Crippen molar-refractivity contribution in [2.75, 3.05) is 31.6 Å². The number of carbonyl (C=O) groups excluding carboxylic acids is 1. The number of aromatic nitrogens is 2. The van der Waals surface area contributed by atoms with Crippen molar-refractivity contribution in [1.29, 1.82) is 0 Å². The summed E-state index contributed by atoms with van der Waals surface area (Å²) in [6.07, 6.45) is 0. The van der Waals surface area contributed by atoms with Gasteiger partial charge in [0, 0.05) is 20.1 Å². The first-order chi connectivity index (χ1) is 14.3. The van der Waals surface area contributed by atoms with Crippen molar-refractivity contribution in [3.05, 3.63) is 63.5 Å². The molecule has 30 heavy (non-hydrogen) atoms. The summed E-state index contributed by atoms with van der Waals surface area (Å²) in [5.41, 5.74) is 1.20. The number of aromatic amines is 1. The molecule has 1 saturated heterocycles. The van der Waals surface area contributed by atoms with Gasteiger partial charge in [0.05, 0.1) is 23.6 Å². The number of nitrogens with zero attached hydrogens (tertiary/aromatic N) is 3. The maximum Gasteiger partial charge on any atom is 0.268 e. The van der Waals surface area contributed by atoms with E-state index in [2.05, 4.69) is 9.97 Å². The fourth-order valence-electron chi connectivity index (χ4n) is 3.64. The number of amides is 1. The molecule has 0 aliphatic carbocycles. The van der Waals surface area contributed by atoms with Crippen LogP contribution in [0.1, 0.15) is 17.4 Å². The number of rotatable bonds is 5. The second-order valence-corrected chi connectivity index (χ2v) is 10.6.